The molecule has 15 heavy (non-hydrogen) atoms. The molecule has 2 N–H and O–H groups in total. The molecule has 1 aliphatic carbocycles. The van der Waals surface area contributed by atoms with Crippen LogP contribution in [0.3, 0.4) is 0 Å². The molecule has 1 atom stereocenters. The van der Waals surface area contributed by atoms with Crippen molar-refractivity contribution >= 4 is 0 Å². The molecule has 1 aliphatic rings. The molecular weight excluding hydrogens is 190 g/mol. The number of aliphatic hydroxyl groups excluding tert-OH is 1. The van der Waals surface area contributed by atoms with Crippen molar-refractivity contribution in [2.24, 2.45) is 0 Å². The minimum absolute atomic E-state index is 0.0245. The Morgan fingerprint density at radius 2 is 2.27 bits per heavy atom. The molecule has 1 aromatic rings. The lowest BCUT2D eigenvalue weighted by Crippen LogP contribution is -2.27. The Hall–Kier alpha value is -1.06. The highest BCUT2D eigenvalue weighted by Crippen LogP contribution is 2.12. The number of allylic oxidation sites excluding steroid dienone is 1. The monoisotopic (exact) mass is 207 g/mol. The van der Waals surface area contributed by atoms with E-state index in [0.717, 1.165) is 12.3 Å². The summed E-state index contributed by atoms with van der Waals surface area (Å²) in [6.07, 6.45) is 8.10. The van der Waals surface area contributed by atoms with E-state index in [2.05, 4.69) is 17.5 Å². The number of rotatable bonds is 4. The Morgan fingerprint density at radius 3 is 2.93 bits per heavy atom. The summed E-state index contributed by atoms with van der Waals surface area (Å²) in [6, 6.07) is 4.19. The van der Waals surface area contributed by atoms with Gasteiger partial charge in [-0.1, -0.05) is 12.2 Å². The van der Waals surface area contributed by atoms with E-state index < -0.39 is 0 Å². The van der Waals surface area contributed by atoms with Gasteiger partial charge in [0.2, 0.25) is 0 Å². The van der Waals surface area contributed by atoms with Gasteiger partial charge in [0.1, 0.15) is 18.1 Å². The van der Waals surface area contributed by atoms with Crippen molar-refractivity contribution in [1.82, 2.24) is 5.32 Å². The predicted octanol–water partition coefficient (Wildman–Crippen LogP) is 1.97. The van der Waals surface area contributed by atoms with E-state index in [-0.39, 0.29) is 6.61 Å². The molecule has 0 saturated heterocycles. The van der Waals surface area contributed by atoms with Gasteiger partial charge in [-0.15, -0.1) is 0 Å². The molecule has 0 spiro atoms. The zero-order chi connectivity index (χ0) is 10.5. The summed E-state index contributed by atoms with van der Waals surface area (Å²) in [5.74, 6) is 1.52. The summed E-state index contributed by atoms with van der Waals surface area (Å²) in [6.45, 7) is 0.707. The molecule has 1 heterocycles. The zero-order valence-corrected chi connectivity index (χ0v) is 8.78. The fraction of sp³-hybridized carbons (Fsp3) is 0.500. The first-order valence-electron chi connectivity index (χ1n) is 5.47. The number of hydrogen-bond acceptors (Lipinski definition) is 3. The molecule has 0 amide bonds. The van der Waals surface area contributed by atoms with Crippen LogP contribution in [0.2, 0.25) is 0 Å². The largest absolute Gasteiger partial charge is 0.462 e. The van der Waals surface area contributed by atoms with E-state index in [0.29, 0.717) is 11.8 Å². The van der Waals surface area contributed by atoms with Crippen LogP contribution < -0.4 is 5.32 Å². The molecule has 0 bridgehead atoms. The molecule has 1 unspecified atom stereocenters. The minimum Gasteiger partial charge on any atom is -0.462 e. The summed E-state index contributed by atoms with van der Waals surface area (Å²) in [4.78, 5) is 0. The van der Waals surface area contributed by atoms with Gasteiger partial charge in [0, 0.05) is 6.04 Å². The Kier molecular flexibility index (Phi) is 3.59. The van der Waals surface area contributed by atoms with Gasteiger partial charge in [0.05, 0.1) is 6.54 Å². The highest BCUT2D eigenvalue weighted by atomic mass is 16.4. The molecule has 0 aromatic carbocycles. The van der Waals surface area contributed by atoms with Crippen LogP contribution in [0.25, 0.3) is 0 Å². The number of nitrogens with one attached hydrogen (secondary N) is 1. The Labute approximate surface area is 89.8 Å². The topological polar surface area (TPSA) is 45.4 Å². The highest BCUT2D eigenvalue weighted by molar-refractivity contribution is 5.07. The predicted molar refractivity (Wildman–Crippen MR) is 58.2 cm³/mol. The van der Waals surface area contributed by atoms with E-state index in [1.165, 1.54) is 19.3 Å². The van der Waals surface area contributed by atoms with Gasteiger partial charge < -0.3 is 14.8 Å². The standard InChI is InChI=1S/C12H17NO2/c14-9-12-7-6-11(15-12)8-13-10-4-2-1-3-5-10/h2,4,6-7,10,13-14H,1,3,5,8-9H2. The van der Waals surface area contributed by atoms with Crippen molar-refractivity contribution in [3.05, 3.63) is 35.8 Å². The lowest BCUT2D eigenvalue weighted by molar-refractivity contribution is 0.242. The van der Waals surface area contributed by atoms with Crippen LogP contribution in [-0.4, -0.2) is 11.1 Å². The van der Waals surface area contributed by atoms with E-state index in [1.807, 2.05) is 12.1 Å². The second-order valence-electron chi connectivity index (χ2n) is 3.87. The van der Waals surface area contributed by atoms with E-state index in [1.54, 1.807) is 0 Å². The molecule has 1 aromatic heterocycles. The van der Waals surface area contributed by atoms with Crippen LogP contribution in [0.15, 0.2) is 28.7 Å². The molecule has 0 fully saturated rings. The van der Waals surface area contributed by atoms with Crippen LogP contribution in [0, 0.1) is 0 Å². The summed E-state index contributed by atoms with van der Waals surface area (Å²) < 4.78 is 5.39. The first-order valence-corrected chi connectivity index (χ1v) is 5.47. The SMILES string of the molecule is OCc1ccc(CNC2C=CCCC2)o1. The van der Waals surface area contributed by atoms with Gasteiger partial charge >= 0.3 is 0 Å². The van der Waals surface area contributed by atoms with Crippen molar-refractivity contribution in [1.29, 1.82) is 0 Å². The fourth-order valence-electron chi connectivity index (χ4n) is 1.82. The molecule has 0 saturated carbocycles. The van der Waals surface area contributed by atoms with Gasteiger partial charge in [-0.3, -0.25) is 0 Å². The number of hydrogen-bond donors (Lipinski definition) is 2. The highest BCUT2D eigenvalue weighted by Gasteiger charge is 2.08. The van der Waals surface area contributed by atoms with E-state index in [4.69, 9.17) is 9.52 Å². The van der Waals surface area contributed by atoms with Crippen LogP contribution in [0.1, 0.15) is 30.8 Å². The maximum atomic E-state index is 8.84. The third-order valence-corrected chi connectivity index (χ3v) is 2.67. The summed E-state index contributed by atoms with van der Waals surface area (Å²) >= 11 is 0. The Balaban J connectivity index is 1.81. The van der Waals surface area contributed by atoms with Crippen molar-refractivity contribution in [3.8, 4) is 0 Å². The first kappa shape index (κ1) is 10.5. The van der Waals surface area contributed by atoms with E-state index >= 15 is 0 Å². The summed E-state index contributed by atoms with van der Waals surface area (Å²) in [7, 11) is 0. The lowest BCUT2D eigenvalue weighted by Gasteiger charge is -2.16. The maximum Gasteiger partial charge on any atom is 0.129 e. The second-order valence-corrected chi connectivity index (χ2v) is 3.87. The molecular formula is C12H17NO2. The van der Waals surface area contributed by atoms with Crippen LogP contribution in [0.5, 0.6) is 0 Å². The third kappa shape index (κ3) is 2.94. The summed E-state index contributed by atoms with van der Waals surface area (Å²) in [5.41, 5.74) is 0. The van der Waals surface area contributed by atoms with Gasteiger partial charge in [0.15, 0.2) is 0 Å². The van der Waals surface area contributed by atoms with Crippen molar-refractivity contribution < 1.29 is 9.52 Å². The van der Waals surface area contributed by atoms with E-state index in [9.17, 15) is 0 Å². The molecule has 2 rings (SSSR count). The molecule has 82 valence electrons. The second kappa shape index (κ2) is 5.14. The zero-order valence-electron chi connectivity index (χ0n) is 8.78. The minimum atomic E-state index is -0.0245. The molecule has 0 radical (unpaired) electrons. The van der Waals surface area contributed by atoms with Crippen molar-refractivity contribution in [3.63, 3.8) is 0 Å². The van der Waals surface area contributed by atoms with Crippen LogP contribution >= 0.6 is 0 Å². The maximum absolute atomic E-state index is 8.84. The molecule has 3 nitrogen and oxygen atoms in total. The van der Waals surface area contributed by atoms with Crippen LogP contribution in [-0.2, 0) is 13.2 Å². The van der Waals surface area contributed by atoms with Crippen molar-refractivity contribution in [2.75, 3.05) is 0 Å². The van der Waals surface area contributed by atoms with Gasteiger partial charge in [-0.05, 0) is 31.4 Å². The Morgan fingerprint density at radius 1 is 1.40 bits per heavy atom. The summed E-state index contributed by atoms with van der Waals surface area (Å²) in [5, 5.41) is 12.3. The fourth-order valence-corrected chi connectivity index (χ4v) is 1.82. The third-order valence-electron chi connectivity index (χ3n) is 2.67. The molecule has 3 heteroatoms. The average molecular weight is 207 g/mol. The smallest absolute Gasteiger partial charge is 0.129 e. The number of furan rings is 1. The van der Waals surface area contributed by atoms with Crippen molar-refractivity contribution in [2.45, 2.75) is 38.5 Å². The molecule has 0 aliphatic heterocycles. The van der Waals surface area contributed by atoms with Gasteiger partial charge in [0.25, 0.3) is 0 Å². The Bertz CT molecular complexity index is 330. The normalized spacial score (nSPS) is 20.7. The van der Waals surface area contributed by atoms with Gasteiger partial charge in [-0.25, -0.2) is 0 Å². The van der Waals surface area contributed by atoms with Crippen LogP contribution in [0.4, 0.5) is 0 Å². The van der Waals surface area contributed by atoms with Gasteiger partial charge in [-0.2, -0.15) is 0 Å². The first-order chi connectivity index (χ1) is 7.38. The average Bonchev–Trinajstić information content (AvgIpc) is 2.76. The number of aliphatic hydroxyl groups is 1. The quantitative estimate of drug-likeness (QED) is 0.742. The lowest BCUT2D eigenvalue weighted by atomic mass is 10.0.